The lowest BCUT2D eigenvalue weighted by Crippen LogP contribution is -2.46. The Hall–Kier alpha value is -2.49. The second-order valence-corrected chi connectivity index (χ2v) is 6.83. The molecule has 1 aromatic heterocycles. The molecule has 10 heteroatoms. The first-order chi connectivity index (χ1) is 13.0. The molecule has 3 rings (SSSR count). The molecule has 148 valence electrons. The summed E-state index contributed by atoms with van der Waals surface area (Å²) in [6, 6.07) is 0. The van der Waals surface area contributed by atoms with Crippen molar-refractivity contribution in [2.75, 3.05) is 62.7 Å². The monoisotopic (exact) mass is 378 g/mol. The van der Waals surface area contributed by atoms with Gasteiger partial charge in [-0.25, -0.2) is 9.97 Å². The van der Waals surface area contributed by atoms with Crippen molar-refractivity contribution in [2.45, 2.75) is 19.8 Å². The molecule has 2 aliphatic rings. The van der Waals surface area contributed by atoms with Gasteiger partial charge in [-0.2, -0.15) is 0 Å². The van der Waals surface area contributed by atoms with Crippen molar-refractivity contribution in [1.29, 1.82) is 0 Å². The molecule has 27 heavy (non-hydrogen) atoms. The summed E-state index contributed by atoms with van der Waals surface area (Å²) in [5.41, 5.74) is -0.0426. The fourth-order valence-corrected chi connectivity index (χ4v) is 3.76. The van der Waals surface area contributed by atoms with Gasteiger partial charge >= 0.3 is 11.7 Å². The molecular weight excluding hydrogens is 352 g/mol. The van der Waals surface area contributed by atoms with E-state index in [1.807, 2.05) is 9.80 Å². The Morgan fingerprint density at radius 3 is 2.19 bits per heavy atom. The Kier molecular flexibility index (Phi) is 6.04. The van der Waals surface area contributed by atoms with Gasteiger partial charge in [-0.05, 0) is 19.4 Å². The van der Waals surface area contributed by atoms with Crippen molar-refractivity contribution in [3.63, 3.8) is 0 Å². The first kappa shape index (κ1) is 19.3. The fourth-order valence-electron chi connectivity index (χ4n) is 3.76. The summed E-state index contributed by atoms with van der Waals surface area (Å²) in [5.74, 6) is 0.345. The van der Waals surface area contributed by atoms with Crippen LogP contribution < -0.4 is 9.80 Å². The molecule has 2 saturated heterocycles. The second-order valence-electron chi connectivity index (χ2n) is 6.83. The van der Waals surface area contributed by atoms with E-state index >= 15 is 0 Å². The highest BCUT2D eigenvalue weighted by Crippen LogP contribution is 2.36. The second kappa shape index (κ2) is 8.47. The van der Waals surface area contributed by atoms with Gasteiger partial charge in [0.2, 0.25) is 11.6 Å². The van der Waals surface area contributed by atoms with Crippen LogP contribution in [0.25, 0.3) is 0 Å². The highest BCUT2D eigenvalue weighted by molar-refractivity contribution is 5.74. The van der Waals surface area contributed by atoms with Crippen molar-refractivity contribution < 1.29 is 14.5 Å². The third-order valence-corrected chi connectivity index (χ3v) is 5.41. The minimum atomic E-state index is -0.386. The van der Waals surface area contributed by atoms with Crippen LogP contribution in [0.5, 0.6) is 0 Å². The summed E-state index contributed by atoms with van der Waals surface area (Å²) < 4.78 is 4.81. The summed E-state index contributed by atoms with van der Waals surface area (Å²) in [6.07, 6.45) is 2.59. The first-order valence-corrected chi connectivity index (χ1v) is 9.34. The number of esters is 1. The summed E-state index contributed by atoms with van der Waals surface area (Å²) in [7, 11) is 1.38. The fraction of sp³-hybridized carbons (Fsp3) is 0.706. The molecule has 0 aromatic carbocycles. The first-order valence-electron chi connectivity index (χ1n) is 9.34. The number of nitrogens with zero attached hydrogens (tertiary/aromatic N) is 6. The number of anilines is 2. The van der Waals surface area contributed by atoms with Gasteiger partial charge in [-0.3, -0.25) is 14.9 Å². The minimum absolute atomic E-state index is 0.0426. The number of carbonyl (C=O) groups excluding carboxylic acids is 1. The van der Waals surface area contributed by atoms with Gasteiger partial charge in [-0.1, -0.05) is 6.92 Å². The molecule has 0 atom stereocenters. The van der Waals surface area contributed by atoms with Crippen LogP contribution in [0.3, 0.4) is 0 Å². The van der Waals surface area contributed by atoms with Crippen LogP contribution in [0.15, 0.2) is 6.33 Å². The molecule has 2 fully saturated rings. The number of likely N-dealkylation sites (N-methyl/N-ethyl adjacent to an activating group) is 1. The van der Waals surface area contributed by atoms with E-state index in [0.717, 1.165) is 19.6 Å². The molecule has 0 unspecified atom stereocenters. The van der Waals surface area contributed by atoms with Crippen LogP contribution in [-0.2, 0) is 9.53 Å². The number of hydrogen-bond acceptors (Lipinski definition) is 9. The number of hydrogen-bond donors (Lipinski definition) is 0. The Labute approximate surface area is 158 Å². The van der Waals surface area contributed by atoms with Crippen LogP contribution in [0.4, 0.5) is 17.3 Å². The van der Waals surface area contributed by atoms with Crippen LogP contribution in [0.1, 0.15) is 19.8 Å². The van der Waals surface area contributed by atoms with Gasteiger partial charge in [0.05, 0.1) is 18.0 Å². The summed E-state index contributed by atoms with van der Waals surface area (Å²) in [4.78, 5) is 37.8. The molecular formula is C17H26N6O4. The maximum atomic E-state index is 11.9. The van der Waals surface area contributed by atoms with Crippen LogP contribution in [0.2, 0.25) is 0 Å². The van der Waals surface area contributed by atoms with Gasteiger partial charge < -0.3 is 19.4 Å². The van der Waals surface area contributed by atoms with E-state index in [1.165, 1.54) is 13.4 Å². The molecule has 0 saturated carbocycles. The van der Waals surface area contributed by atoms with Crippen molar-refractivity contribution in [2.24, 2.45) is 5.92 Å². The number of rotatable bonds is 5. The maximum Gasteiger partial charge on any atom is 0.353 e. The van der Waals surface area contributed by atoms with E-state index in [4.69, 9.17) is 4.74 Å². The normalized spacial score (nSPS) is 19.2. The quantitative estimate of drug-likeness (QED) is 0.420. The summed E-state index contributed by atoms with van der Waals surface area (Å²) in [6.45, 7) is 7.26. The number of aromatic nitrogens is 2. The molecule has 1 aromatic rings. The van der Waals surface area contributed by atoms with E-state index in [-0.39, 0.29) is 22.5 Å². The molecule has 3 heterocycles. The van der Waals surface area contributed by atoms with E-state index < -0.39 is 0 Å². The third kappa shape index (κ3) is 4.10. The molecule has 0 bridgehead atoms. The smallest absolute Gasteiger partial charge is 0.353 e. The number of methoxy groups -OCH3 is 1. The molecule has 0 amide bonds. The SMILES string of the molecule is CCN1CCN(c2ncnc(N3CCC(C(=O)OC)CC3)c2[N+](=O)[O-])CC1. The summed E-state index contributed by atoms with van der Waals surface area (Å²) >= 11 is 0. The van der Waals surface area contributed by atoms with Crippen LogP contribution >= 0.6 is 0 Å². The zero-order chi connectivity index (χ0) is 19.4. The highest BCUT2D eigenvalue weighted by Gasteiger charge is 2.34. The van der Waals surface area contributed by atoms with Crippen molar-refractivity contribution in [3.05, 3.63) is 16.4 Å². The highest BCUT2D eigenvalue weighted by atomic mass is 16.6. The molecule has 0 spiro atoms. The lowest BCUT2D eigenvalue weighted by molar-refractivity contribution is -0.383. The minimum Gasteiger partial charge on any atom is -0.469 e. The van der Waals surface area contributed by atoms with Gasteiger partial charge in [0, 0.05) is 39.3 Å². The van der Waals surface area contributed by atoms with Crippen molar-refractivity contribution >= 4 is 23.3 Å². The zero-order valence-corrected chi connectivity index (χ0v) is 15.8. The summed E-state index contributed by atoms with van der Waals surface area (Å²) in [5, 5.41) is 11.9. The predicted octanol–water partition coefficient (Wildman–Crippen LogP) is 0.916. The van der Waals surface area contributed by atoms with Gasteiger partial charge in [0.15, 0.2) is 0 Å². The van der Waals surface area contributed by atoms with Gasteiger partial charge in [0.1, 0.15) is 6.33 Å². The third-order valence-electron chi connectivity index (χ3n) is 5.41. The molecule has 0 aliphatic carbocycles. The van der Waals surface area contributed by atoms with E-state index in [2.05, 4.69) is 21.8 Å². The van der Waals surface area contributed by atoms with E-state index in [9.17, 15) is 14.9 Å². The Balaban J connectivity index is 1.81. The van der Waals surface area contributed by atoms with Crippen molar-refractivity contribution in [1.82, 2.24) is 14.9 Å². The maximum absolute atomic E-state index is 11.9. The van der Waals surface area contributed by atoms with E-state index in [0.29, 0.717) is 50.7 Å². The number of piperazine rings is 1. The number of carbonyl (C=O) groups is 1. The number of piperidine rings is 1. The Bertz CT molecular complexity index is 684. The molecule has 10 nitrogen and oxygen atoms in total. The van der Waals surface area contributed by atoms with E-state index in [1.54, 1.807) is 0 Å². The van der Waals surface area contributed by atoms with Gasteiger partial charge in [-0.15, -0.1) is 0 Å². The lowest BCUT2D eigenvalue weighted by atomic mass is 9.97. The zero-order valence-electron chi connectivity index (χ0n) is 15.8. The Morgan fingerprint density at radius 2 is 1.70 bits per heavy atom. The average molecular weight is 378 g/mol. The molecule has 2 aliphatic heterocycles. The van der Waals surface area contributed by atoms with Crippen molar-refractivity contribution in [3.8, 4) is 0 Å². The van der Waals surface area contributed by atoms with Crippen LogP contribution in [-0.4, -0.2) is 78.7 Å². The van der Waals surface area contributed by atoms with Crippen LogP contribution in [0, 0.1) is 16.0 Å². The topological polar surface area (TPSA) is 105 Å². The molecule has 0 radical (unpaired) electrons. The number of ether oxygens (including phenoxy) is 1. The standard InChI is InChI=1S/C17H26N6O4/c1-3-20-8-10-22(11-9-20)16-14(23(25)26)15(18-12-19-16)21-6-4-13(5-7-21)17(24)27-2/h12-13H,3-11H2,1-2H3. The Morgan fingerprint density at radius 1 is 1.15 bits per heavy atom. The predicted molar refractivity (Wildman–Crippen MR) is 100.0 cm³/mol. The molecule has 0 N–H and O–H groups in total. The largest absolute Gasteiger partial charge is 0.469 e. The average Bonchev–Trinajstić information content (AvgIpc) is 2.72. The lowest BCUT2D eigenvalue weighted by Gasteiger charge is -2.35. The number of nitro groups is 1. The van der Waals surface area contributed by atoms with Gasteiger partial charge in [0.25, 0.3) is 0 Å².